The molecule has 180 valence electrons. The molecule has 2 aliphatic heterocycles. The number of aromatic nitrogens is 2. The fourth-order valence-electron chi connectivity index (χ4n) is 5.44. The predicted molar refractivity (Wildman–Crippen MR) is 126 cm³/mol. The summed E-state index contributed by atoms with van der Waals surface area (Å²) >= 11 is 0. The molecule has 0 spiro atoms. The Morgan fingerprint density at radius 3 is 2.52 bits per heavy atom. The van der Waals surface area contributed by atoms with Gasteiger partial charge in [-0.2, -0.15) is 5.10 Å². The quantitative estimate of drug-likeness (QED) is 0.673. The summed E-state index contributed by atoms with van der Waals surface area (Å²) in [5.41, 5.74) is 6.28. The minimum atomic E-state index is -0.250. The zero-order chi connectivity index (χ0) is 24.1. The van der Waals surface area contributed by atoms with Crippen molar-refractivity contribution in [3.8, 4) is 0 Å². The molecule has 8 heteroatoms. The van der Waals surface area contributed by atoms with Gasteiger partial charge in [0.2, 0.25) is 5.91 Å². The predicted octanol–water partition coefficient (Wildman–Crippen LogP) is 2.71. The topological polar surface area (TPSA) is 87.9 Å². The van der Waals surface area contributed by atoms with Crippen LogP contribution in [0.25, 0.3) is 0 Å². The number of aryl methyl sites for hydroxylation is 3. The van der Waals surface area contributed by atoms with Crippen molar-refractivity contribution < 1.29 is 19.4 Å². The van der Waals surface area contributed by atoms with E-state index >= 15 is 0 Å². The van der Waals surface area contributed by atoms with Crippen LogP contribution in [-0.2, 0) is 27.9 Å². The molecule has 1 N–H and O–H groups in total. The molecular weight excluding hydrogens is 420 g/mol. The number of benzene rings is 1. The average molecular weight is 457 g/mol. The number of methoxy groups -OCH3 is 1. The number of fused-ring (bicyclic) bond motifs is 1. The number of carboxylic acid groups (broad SMARTS) is 1. The molecule has 2 saturated heterocycles. The van der Waals surface area contributed by atoms with E-state index in [1.807, 2.05) is 11.7 Å². The van der Waals surface area contributed by atoms with Crippen LogP contribution in [0.5, 0.6) is 0 Å². The molecule has 2 aliphatic rings. The van der Waals surface area contributed by atoms with Crippen LogP contribution >= 0.6 is 0 Å². The van der Waals surface area contributed by atoms with Crippen molar-refractivity contribution in [3.63, 3.8) is 0 Å². The molecule has 4 rings (SSSR count). The van der Waals surface area contributed by atoms with E-state index in [1.54, 1.807) is 7.11 Å². The Morgan fingerprint density at radius 1 is 1.21 bits per heavy atom. The van der Waals surface area contributed by atoms with E-state index < -0.39 is 0 Å². The van der Waals surface area contributed by atoms with Gasteiger partial charge in [0.05, 0.1) is 24.8 Å². The standard InChI is InChI=1S/C24H34N4O2.CH2O2/c1-16-8-6-7-9-20(16)24-22-15-27(14-21-17(2)25-26(4)18(21)3)12-19(22)13-28(24)23(29)10-11-30-5;2-1-3/h6-9,19,22,24H,10-15H2,1-5H3;1H,(H,2,3)/t19-,22-,24+;/m0./s1. The Kier molecular flexibility index (Phi) is 8.26. The van der Waals surface area contributed by atoms with E-state index in [-0.39, 0.29) is 18.4 Å². The normalized spacial score (nSPS) is 22.1. The second-order valence-corrected chi connectivity index (χ2v) is 9.09. The Hall–Kier alpha value is -2.71. The van der Waals surface area contributed by atoms with Gasteiger partial charge in [0.15, 0.2) is 0 Å². The van der Waals surface area contributed by atoms with E-state index in [0.717, 1.165) is 31.9 Å². The summed E-state index contributed by atoms with van der Waals surface area (Å²) in [7, 11) is 3.67. The summed E-state index contributed by atoms with van der Waals surface area (Å²) in [6.07, 6.45) is 0.454. The molecule has 1 aromatic heterocycles. The second kappa shape index (κ2) is 10.9. The van der Waals surface area contributed by atoms with Gasteiger partial charge in [-0.3, -0.25) is 19.2 Å². The highest BCUT2D eigenvalue weighted by Crippen LogP contribution is 2.46. The van der Waals surface area contributed by atoms with Crippen molar-refractivity contribution >= 4 is 12.4 Å². The first kappa shape index (κ1) is 24.9. The van der Waals surface area contributed by atoms with E-state index in [1.165, 1.54) is 22.4 Å². The third-order valence-corrected chi connectivity index (χ3v) is 7.13. The Bertz CT molecular complexity index is 973. The van der Waals surface area contributed by atoms with Gasteiger partial charge >= 0.3 is 0 Å². The van der Waals surface area contributed by atoms with Crippen molar-refractivity contribution in [2.45, 2.75) is 39.8 Å². The van der Waals surface area contributed by atoms with Gasteiger partial charge in [-0.25, -0.2) is 0 Å². The van der Waals surface area contributed by atoms with Gasteiger partial charge in [0.1, 0.15) is 0 Å². The van der Waals surface area contributed by atoms with Gasteiger partial charge in [0.25, 0.3) is 6.47 Å². The smallest absolute Gasteiger partial charge is 0.290 e. The Balaban J connectivity index is 0.000000968. The SMILES string of the molecule is COCCC(=O)N1C[C@@H]2CN(Cc3c(C)nn(C)c3C)C[C@@H]2[C@H]1c1ccccc1C.O=CO. The lowest BCUT2D eigenvalue weighted by atomic mass is 9.87. The molecule has 2 aromatic rings. The summed E-state index contributed by atoms with van der Waals surface area (Å²) in [5, 5.41) is 11.5. The van der Waals surface area contributed by atoms with E-state index in [4.69, 9.17) is 14.6 Å². The first-order chi connectivity index (χ1) is 15.8. The lowest BCUT2D eigenvalue weighted by Crippen LogP contribution is -2.36. The number of carbonyl (C=O) groups excluding carboxylic acids is 1. The molecule has 1 amide bonds. The number of hydrogen-bond acceptors (Lipinski definition) is 5. The summed E-state index contributed by atoms with van der Waals surface area (Å²) < 4.78 is 7.15. The molecule has 0 saturated carbocycles. The summed E-state index contributed by atoms with van der Waals surface area (Å²) in [4.78, 5) is 26.1. The van der Waals surface area contributed by atoms with Crippen molar-refractivity contribution in [2.24, 2.45) is 18.9 Å². The maximum Gasteiger partial charge on any atom is 0.290 e. The number of amides is 1. The third kappa shape index (κ3) is 5.28. The fourth-order valence-corrected chi connectivity index (χ4v) is 5.44. The van der Waals surface area contributed by atoms with E-state index in [0.29, 0.717) is 24.9 Å². The number of ether oxygens (including phenoxy) is 1. The first-order valence-corrected chi connectivity index (χ1v) is 11.5. The Labute approximate surface area is 196 Å². The zero-order valence-electron chi connectivity index (χ0n) is 20.3. The maximum atomic E-state index is 13.0. The van der Waals surface area contributed by atoms with Crippen LogP contribution in [-0.4, -0.2) is 70.4 Å². The Morgan fingerprint density at radius 2 is 1.91 bits per heavy atom. The van der Waals surface area contributed by atoms with Crippen LogP contribution in [0.15, 0.2) is 24.3 Å². The van der Waals surface area contributed by atoms with Crippen LogP contribution in [0.2, 0.25) is 0 Å². The number of hydrogen-bond donors (Lipinski definition) is 1. The highest BCUT2D eigenvalue weighted by Gasteiger charge is 2.49. The molecule has 1 aromatic carbocycles. The van der Waals surface area contributed by atoms with Crippen LogP contribution < -0.4 is 0 Å². The van der Waals surface area contributed by atoms with Crippen molar-refractivity contribution in [1.29, 1.82) is 0 Å². The molecule has 3 heterocycles. The summed E-state index contributed by atoms with van der Waals surface area (Å²) in [6, 6.07) is 8.70. The molecule has 8 nitrogen and oxygen atoms in total. The van der Waals surface area contributed by atoms with E-state index in [9.17, 15) is 4.79 Å². The highest BCUT2D eigenvalue weighted by molar-refractivity contribution is 5.77. The minimum absolute atomic E-state index is 0.154. The largest absolute Gasteiger partial charge is 0.483 e. The van der Waals surface area contributed by atoms with Crippen molar-refractivity contribution in [2.75, 3.05) is 33.4 Å². The first-order valence-electron chi connectivity index (χ1n) is 11.5. The fraction of sp³-hybridized carbons (Fsp3) is 0.560. The number of carbonyl (C=O) groups is 2. The van der Waals surface area contributed by atoms with Crippen molar-refractivity contribution in [1.82, 2.24) is 19.6 Å². The van der Waals surface area contributed by atoms with Gasteiger partial charge in [-0.15, -0.1) is 0 Å². The number of nitrogens with zero attached hydrogens (tertiary/aromatic N) is 4. The van der Waals surface area contributed by atoms with Crippen LogP contribution in [0, 0.1) is 32.6 Å². The van der Waals surface area contributed by atoms with Gasteiger partial charge < -0.3 is 14.7 Å². The minimum Gasteiger partial charge on any atom is -0.483 e. The molecular formula is C25H36N4O4. The molecule has 33 heavy (non-hydrogen) atoms. The van der Waals surface area contributed by atoms with Crippen molar-refractivity contribution in [3.05, 3.63) is 52.3 Å². The van der Waals surface area contributed by atoms with Crippen LogP contribution in [0.1, 0.15) is 40.5 Å². The molecule has 0 unspecified atom stereocenters. The van der Waals surface area contributed by atoms with Gasteiger partial charge in [0, 0.05) is 57.5 Å². The molecule has 2 fully saturated rings. The molecule has 0 aliphatic carbocycles. The number of likely N-dealkylation sites (tertiary alicyclic amines) is 2. The maximum absolute atomic E-state index is 13.0. The molecule has 0 bridgehead atoms. The van der Waals surface area contributed by atoms with Gasteiger partial charge in [-0.1, -0.05) is 24.3 Å². The highest BCUT2D eigenvalue weighted by atomic mass is 16.5. The van der Waals surface area contributed by atoms with E-state index in [2.05, 4.69) is 59.9 Å². The average Bonchev–Trinajstić information content (AvgIpc) is 3.40. The summed E-state index contributed by atoms with van der Waals surface area (Å²) in [5.74, 6) is 1.19. The van der Waals surface area contributed by atoms with Crippen LogP contribution in [0.4, 0.5) is 0 Å². The third-order valence-electron chi connectivity index (χ3n) is 7.13. The van der Waals surface area contributed by atoms with Gasteiger partial charge in [-0.05, 0) is 37.8 Å². The lowest BCUT2D eigenvalue weighted by Gasteiger charge is -2.31. The lowest BCUT2D eigenvalue weighted by molar-refractivity contribution is -0.133. The van der Waals surface area contributed by atoms with Crippen LogP contribution in [0.3, 0.4) is 0 Å². The zero-order valence-corrected chi connectivity index (χ0v) is 20.3. The number of rotatable bonds is 6. The summed E-state index contributed by atoms with van der Waals surface area (Å²) in [6.45, 7) is 10.5. The monoisotopic (exact) mass is 456 g/mol. The second-order valence-electron chi connectivity index (χ2n) is 9.09. The molecule has 3 atom stereocenters. The molecule has 0 radical (unpaired) electrons.